The van der Waals surface area contributed by atoms with E-state index in [1.54, 1.807) is 24.3 Å². The first-order valence-electron chi connectivity index (χ1n) is 10.5. The van der Waals surface area contributed by atoms with E-state index in [2.05, 4.69) is 33.2 Å². The van der Waals surface area contributed by atoms with E-state index in [-0.39, 0.29) is 5.92 Å². The van der Waals surface area contributed by atoms with Crippen LogP contribution in [0.1, 0.15) is 44.4 Å². The number of nitrogens with one attached hydrogen (secondary N) is 3. The molecule has 0 aliphatic heterocycles. The average molecular weight is 446 g/mol. The predicted molar refractivity (Wildman–Crippen MR) is 131 cm³/mol. The second kappa shape index (κ2) is 12.7. The molecule has 0 aliphatic carbocycles. The Morgan fingerprint density at radius 2 is 1.15 bits per heavy atom. The summed E-state index contributed by atoms with van der Waals surface area (Å²) in [7, 11) is 0. The highest BCUT2D eigenvalue weighted by atomic mass is 16.1. The number of hydrogen-bond acceptors (Lipinski definition) is 3. The monoisotopic (exact) mass is 445 g/mol. The third-order valence-electron chi connectivity index (χ3n) is 4.91. The Hall–Kier alpha value is -5.07. The molecule has 3 N–H and O–H groups in total. The summed E-state index contributed by atoms with van der Waals surface area (Å²) in [6.07, 6.45) is 8.35. The van der Waals surface area contributed by atoms with Crippen molar-refractivity contribution in [1.82, 2.24) is 15.0 Å². The lowest BCUT2D eigenvalue weighted by molar-refractivity contribution is 0.112. The standard InChI is InChI=1S/C16H13N3.C8H5NO.C4H5N/c17-11-12-5-7-13(8-6-12)16(14-3-1-9-18-14)15-4-2-10-19-15;9-5-7-1-3-8(6-10)4-2-7;1-2-4-5-3-1/h1-10,16,18-19H;1-4,6H;1-5H. The van der Waals surface area contributed by atoms with Crippen molar-refractivity contribution < 1.29 is 4.79 Å². The first-order chi connectivity index (χ1) is 16.7. The lowest BCUT2D eigenvalue weighted by atomic mass is 9.92. The third-order valence-corrected chi connectivity index (χ3v) is 4.91. The van der Waals surface area contributed by atoms with Gasteiger partial charge in [0.2, 0.25) is 0 Å². The molecule has 0 unspecified atom stereocenters. The first kappa shape index (κ1) is 23.6. The number of nitriles is 2. The van der Waals surface area contributed by atoms with E-state index in [1.807, 2.05) is 79.4 Å². The Kier molecular flexibility index (Phi) is 8.81. The maximum Gasteiger partial charge on any atom is 0.150 e. The molecule has 0 fully saturated rings. The SMILES string of the molecule is N#Cc1ccc(C(c2ccc[nH]2)c2ccc[nH]2)cc1.N#Cc1ccc(C=O)cc1.c1cc[nH]c1. The van der Waals surface area contributed by atoms with Gasteiger partial charge >= 0.3 is 0 Å². The number of aromatic nitrogens is 3. The number of aromatic amines is 3. The van der Waals surface area contributed by atoms with Crippen LogP contribution in [-0.2, 0) is 0 Å². The topological polar surface area (TPSA) is 112 Å². The van der Waals surface area contributed by atoms with Gasteiger partial charge in [-0.05, 0) is 66.2 Å². The summed E-state index contributed by atoms with van der Waals surface area (Å²) in [6, 6.07) is 30.3. The molecular weight excluding hydrogens is 422 g/mol. The van der Waals surface area contributed by atoms with Crippen molar-refractivity contribution in [2.24, 2.45) is 0 Å². The number of benzene rings is 2. The molecule has 6 heteroatoms. The van der Waals surface area contributed by atoms with Gasteiger partial charge in [-0.3, -0.25) is 4.79 Å². The van der Waals surface area contributed by atoms with E-state index < -0.39 is 0 Å². The number of aldehydes is 1. The largest absolute Gasteiger partial charge is 0.368 e. The summed E-state index contributed by atoms with van der Waals surface area (Å²) in [5, 5.41) is 17.2. The molecule has 0 saturated carbocycles. The number of carbonyl (C=O) groups excluding carboxylic acids is 1. The van der Waals surface area contributed by atoms with Crippen LogP contribution in [0.25, 0.3) is 0 Å². The van der Waals surface area contributed by atoms with Crippen molar-refractivity contribution in [3.8, 4) is 12.1 Å². The Morgan fingerprint density at radius 3 is 1.50 bits per heavy atom. The Balaban J connectivity index is 0.000000179. The smallest absolute Gasteiger partial charge is 0.150 e. The summed E-state index contributed by atoms with van der Waals surface area (Å²) >= 11 is 0. The van der Waals surface area contributed by atoms with Gasteiger partial charge in [0.15, 0.2) is 0 Å². The van der Waals surface area contributed by atoms with Gasteiger partial charge in [0.25, 0.3) is 0 Å². The van der Waals surface area contributed by atoms with Crippen molar-refractivity contribution >= 4 is 6.29 Å². The molecule has 0 amide bonds. The number of H-pyrrole nitrogens is 3. The van der Waals surface area contributed by atoms with Gasteiger partial charge in [0.1, 0.15) is 6.29 Å². The molecular formula is C28H23N5O. The molecule has 0 saturated heterocycles. The second-order valence-electron chi connectivity index (χ2n) is 7.15. The molecule has 0 radical (unpaired) electrons. The number of hydrogen-bond donors (Lipinski definition) is 3. The number of nitrogens with zero attached hydrogens (tertiary/aromatic N) is 2. The fraction of sp³-hybridized carbons (Fsp3) is 0.0357. The zero-order valence-corrected chi connectivity index (χ0v) is 18.3. The minimum absolute atomic E-state index is 0.137. The minimum atomic E-state index is 0.137. The third kappa shape index (κ3) is 6.71. The highest BCUT2D eigenvalue weighted by Gasteiger charge is 2.18. The van der Waals surface area contributed by atoms with Crippen LogP contribution < -0.4 is 0 Å². The first-order valence-corrected chi connectivity index (χ1v) is 10.5. The van der Waals surface area contributed by atoms with Crippen molar-refractivity contribution in [3.05, 3.63) is 143 Å². The molecule has 2 aromatic carbocycles. The van der Waals surface area contributed by atoms with Crippen LogP contribution in [0.2, 0.25) is 0 Å². The molecule has 6 nitrogen and oxygen atoms in total. The van der Waals surface area contributed by atoms with Gasteiger partial charge in [-0.25, -0.2) is 0 Å². The van der Waals surface area contributed by atoms with Crippen LogP contribution in [-0.4, -0.2) is 21.2 Å². The highest BCUT2D eigenvalue weighted by Crippen LogP contribution is 2.29. The lowest BCUT2D eigenvalue weighted by Crippen LogP contribution is -2.04. The quantitative estimate of drug-likeness (QED) is 0.305. The summed E-state index contributed by atoms with van der Waals surface area (Å²) < 4.78 is 0. The van der Waals surface area contributed by atoms with Crippen molar-refractivity contribution in [2.75, 3.05) is 0 Å². The number of rotatable bonds is 4. The Bertz CT molecular complexity index is 1250. The summed E-state index contributed by atoms with van der Waals surface area (Å²) in [5.74, 6) is 0.137. The summed E-state index contributed by atoms with van der Waals surface area (Å²) in [5.41, 5.74) is 5.27. The fourth-order valence-electron chi connectivity index (χ4n) is 3.24. The van der Waals surface area contributed by atoms with Crippen LogP contribution in [0.5, 0.6) is 0 Å². The Morgan fingerprint density at radius 1 is 0.647 bits per heavy atom. The molecule has 0 atom stereocenters. The molecule has 3 aromatic heterocycles. The van der Waals surface area contributed by atoms with Crippen molar-refractivity contribution in [1.29, 1.82) is 10.5 Å². The maximum atomic E-state index is 10.1. The van der Waals surface area contributed by atoms with Crippen LogP contribution in [0, 0.1) is 22.7 Å². The molecule has 0 bridgehead atoms. The summed E-state index contributed by atoms with van der Waals surface area (Å²) in [4.78, 5) is 19.5. The molecule has 5 rings (SSSR count). The van der Waals surface area contributed by atoms with Crippen LogP contribution in [0.15, 0.2) is 110 Å². The Labute approximate surface area is 198 Å². The van der Waals surface area contributed by atoms with Crippen LogP contribution in [0.4, 0.5) is 0 Å². The van der Waals surface area contributed by atoms with Crippen molar-refractivity contribution in [2.45, 2.75) is 5.92 Å². The molecule has 5 aromatic rings. The van der Waals surface area contributed by atoms with Gasteiger partial charge in [-0.2, -0.15) is 10.5 Å². The van der Waals surface area contributed by atoms with E-state index in [4.69, 9.17) is 10.5 Å². The lowest BCUT2D eigenvalue weighted by Gasteiger charge is -2.15. The molecule has 3 heterocycles. The van der Waals surface area contributed by atoms with E-state index in [0.717, 1.165) is 23.2 Å². The van der Waals surface area contributed by atoms with Gasteiger partial charge < -0.3 is 15.0 Å². The zero-order valence-electron chi connectivity index (χ0n) is 18.3. The van der Waals surface area contributed by atoms with E-state index in [0.29, 0.717) is 16.7 Å². The van der Waals surface area contributed by atoms with Gasteiger partial charge in [0.05, 0.1) is 29.2 Å². The molecule has 34 heavy (non-hydrogen) atoms. The average Bonchev–Trinajstić information content (AvgIpc) is 3.71. The summed E-state index contributed by atoms with van der Waals surface area (Å²) in [6.45, 7) is 0. The van der Waals surface area contributed by atoms with Gasteiger partial charge in [0, 0.05) is 41.7 Å². The van der Waals surface area contributed by atoms with E-state index in [9.17, 15) is 4.79 Å². The zero-order chi connectivity index (χ0) is 24.0. The predicted octanol–water partition coefficient (Wildman–Crippen LogP) is 5.78. The van der Waals surface area contributed by atoms with Crippen LogP contribution >= 0.6 is 0 Å². The fourth-order valence-corrected chi connectivity index (χ4v) is 3.24. The van der Waals surface area contributed by atoms with E-state index in [1.165, 1.54) is 0 Å². The molecule has 166 valence electrons. The molecule has 0 aliphatic rings. The normalized spacial score (nSPS) is 9.50. The van der Waals surface area contributed by atoms with E-state index >= 15 is 0 Å². The molecule has 0 spiro atoms. The van der Waals surface area contributed by atoms with Crippen molar-refractivity contribution in [3.63, 3.8) is 0 Å². The van der Waals surface area contributed by atoms with Crippen LogP contribution in [0.3, 0.4) is 0 Å². The van der Waals surface area contributed by atoms with Gasteiger partial charge in [-0.1, -0.05) is 24.3 Å². The minimum Gasteiger partial charge on any atom is -0.368 e. The highest BCUT2D eigenvalue weighted by molar-refractivity contribution is 5.74. The van der Waals surface area contributed by atoms with Gasteiger partial charge in [-0.15, -0.1) is 0 Å². The number of carbonyl (C=O) groups is 1. The maximum absolute atomic E-state index is 10.1. The second-order valence-corrected chi connectivity index (χ2v) is 7.15.